The molecule has 3 N–H and O–H groups in total. The second-order valence-electron chi connectivity index (χ2n) is 4.03. The highest BCUT2D eigenvalue weighted by atomic mass is 16.1. The van der Waals surface area contributed by atoms with Crippen LogP contribution in [0.2, 0.25) is 0 Å². The zero-order valence-electron chi connectivity index (χ0n) is 9.20. The number of aromatic nitrogens is 3. The van der Waals surface area contributed by atoms with Gasteiger partial charge in [0, 0.05) is 32.0 Å². The van der Waals surface area contributed by atoms with E-state index in [4.69, 9.17) is 0 Å². The molecule has 1 aliphatic rings. The van der Waals surface area contributed by atoms with Crippen LogP contribution in [0.5, 0.6) is 0 Å². The summed E-state index contributed by atoms with van der Waals surface area (Å²) in [6, 6.07) is 0.297. The molecule has 0 aliphatic carbocycles. The number of nitrogens with one attached hydrogen (secondary N) is 3. The smallest absolute Gasteiger partial charge is 0.221 e. The minimum absolute atomic E-state index is 0.148. The van der Waals surface area contributed by atoms with Gasteiger partial charge < -0.3 is 10.6 Å². The van der Waals surface area contributed by atoms with E-state index in [1.165, 1.54) is 6.33 Å². The lowest BCUT2D eigenvalue weighted by Gasteiger charge is -2.14. The zero-order chi connectivity index (χ0) is 11.2. The summed E-state index contributed by atoms with van der Waals surface area (Å²) in [4.78, 5) is 15.4. The van der Waals surface area contributed by atoms with Crippen molar-refractivity contribution in [1.29, 1.82) is 0 Å². The van der Waals surface area contributed by atoms with Crippen molar-refractivity contribution >= 4 is 5.91 Å². The third-order valence-corrected chi connectivity index (χ3v) is 2.74. The van der Waals surface area contributed by atoms with E-state index in [1.54, 1.807) is 0 Å². The first-order valence-corrected chi connectivity index (χ1v) is 5.69. The van der Waals surface area contributed by atoms with Gasteiger partial charge in [-0.1, -0.05) is 0 Å². The van der Waals surface area contributed by atoms with Gasteiger partial charge in [0.05, 0.1) is 0 Å². The highest BCUT2D eigenvalue weighted by Gasteiger charge is 2.16. The second-order valence-corrected chi connectivity index (χ2v) is 4.03. The summed E-state index contributed by atoms with van der Waals surface area (Å²) < 4.78 is 0. The van der Waals surface area contributed by atoms with Crippen molar-refractivity contribution in [3.63, 3.8) is 0 Å². The van der Waals surface area contributed by atoms with Crippen molar-refractivity contribution in [2.45, 2.75) is 31.7 Å². The molecule has 16 heavy (non-hydrogen) atoms. The second kappa shape index (κ2) is 5.60. The van der Waals surface area contributed by atoms with Gasteiger partial charge in [-0.15, -0.1) is 0 Å². The Morgan fingerprint density at radius 3 is 3.31 bits per heavy atom. The van der Waals surface area contributed by atoms with Crippen molar-refractivity contribution in [3.05, 3.63) is 12.2 Å². The number of carbonyl (C=O) groups is 1. The number of H-pyrrole nitrogens is 1. The Labute approximate surface area is 94.2 Å². The van der Waals surface area contributed by atoms with E-state index in [0.717, 1.165) is 38.2 Å². The molecular weight excluding hydrogens is 206 g/mol. The first-order chi connectivity index (χ1) is 7.84. The lowest BCUT2D eigenvalue weighted by molar-refractivity contribution is -0.121. The van der Waals surface area contributed by atoms with E-state index in [0.29, 0.717) is 12.5 Å². The summed E-state index contributed by atoms with van der Waals surface area (Å²) in [5.74, 6) is 1.03. The molecule has 1 saturated heterocycles. The van der Waals surface area contributed by atoms with Crippen LogP contribution >= 0.6 is 0 Å². The highest BCUT2D eigenvalue weighted by molar-refractivity contribution is 5.76. The van der Waals surface area contributed by atoms with Crippen molar-refractivity contribution in [2.75, 3.05) is 13.1 Å². The van der Waals surface area contributed by atoms with E-state index in [1.807, 2.05) is 0 Å². The van der Waals surface area contributed by atoms with E-state index in [9.17, 15) is 4.79 Å². The maximum absolute atomic E-state index is 11.3. The molecule has 1 aliphatic heterocycles. The minimum Gasteiger partial charge on any atom is -0.356 e. The van der Waals surface area contributed by atoms with Crippen molar-refractivity contribution < 1.29 is 4.79 Å². The molecular formula is C10H17N5O. The molecule has 1 amide bonds. The fourth-order valence-electron chi connectivity index (χ4n) is 1.89. The first kappa shape index (κ1) is 11.1. The monoisotopic (exact) mass is 223 g/mol. The van der Waals surface area contributed by atoms with Gasteiger partial charge in [-0.3, -0.25) is 9.89 Å². The number of nitrogens with zero attached hydrogens (tertiary/aromatic N) is 2. The predicted molar refractivity (Wildman–Crippen MR) is 58.7 cm³/mol. The average Bonchev–Trinajstić information content (AvgIpc) is 2.69. The summed E-state index contributed by atoms with van der Waals surface area (Å²) in [7, 11) is 0. The summed E-state index contributed by atoms with van der Waals surface area (Å²) in [5.41, 5.74) is 0. The quantitative estimate of drug-likeness (QED) is 0.649. The number of rotatable bonds is 4. The largest absolute Gasteiger partial charge is 0.356 e. The Morgan fingerprint density at radius 2 is 2.50 bits per heavy atom. The third-order valence-electron chi connectivity index (χ3n) is 2.74. The summed E-state index contributed by atoms with van der Waals surface area (Å²) in [6.07, 6.45) is 5.00. The van der Waals surface area contributed by atoms with E-state index in [2.05, 4.69) is 25.8 Å². The van der Waals surface area contributed by atoms with Gasteiger partial charge >= 0.3 is 0 Å². The molecule has 1 aromatic rings. The molecule has 0 aromatic carbocycles. The van der Waals surface area contributed by atoms with E-state index < -0.39 is 0 Å². The Morgan fingerprint density at radius 1 is 1.56 bits per heavy atom. The van der Waals surface area contributed by atoms with Crippen molar-refractivity contribution in [1.82, 2.24) is 25.8 Å². The number of hydrogen-bond donors (Lipinski definition) is 3. The molecule has 6 nitrogen and oxygen atoms in total. The standard InChI is InChI=1S/C10H17N5O/c16-10-6-8(2-1-4-12-10)11-5-3-9-13-7-14-15-9/h7-8,11H,1-6H2,(H,12,16)(H,13,14,15). The lowest BCUT2D eigenvalue weighted by atomic mass is 10.1. The Kier molecular flexibility index (Phi) is 3.87. The SMILES string of the molecule is O=C1CC(NCCc2ncn[nH]2)CCCN1. The fourth-order valence-corrected chi connectivity index (χ4v) is 1.89. The molecule has 1 aromatic heterocycles. The number of aromatic amines is 1. The molecule has 2 rings (SSSR count). The van der Waals surface area contributed by atoms with Crippen LogP contribution in [-0.2, 0) is 11.2 Å². The van der Waals surface area contributed by atoms with E-state index in [-0.39, 0.29) is 5.91 Å². The van der Waals surface area contributed by atoms with Crippen LogP contribution < -0.4 is 10.6 Å². The maximum atomic E-state index is 11.3. The number of carbonyl (C=O) groups excluding carboxylic acids is 1. The van der Waals surface area contributed by atoms with Gasteiger partial charge in [-0.05, 0) is 12.8 Å². The summed E-state index contributed by atoms with van der Waals surface area (Å²) in [6.45, 7) is 1.63. The highest BCUT2D eigenvalue weighted by Crippen LogP contribution is 2.05. The Balaban J connectivity index is 1.70. The summed E-state index contributed by atoms with van der Waals surface area (Å²) in [5, 5.41) is 12.9. The molecule has 1 atom stereocenters. The molecule has 1 unspecified atom stereocenters. The molecule has 0 spiro atoms. The number of amides is 1. The van der Waals surface area contributed by atoms with Crippen LogP contribution in [0.4, 0.5) is 0 Å². The van der Waals surface area contributed by atoms with Crippen LogP contribution in [0.25, 0.3) is 0 Å². The van der Waals surface area contributed by atoms with Crippen molar-refractivity contribution in [3.8, 4) is 0 Å². The van der Waals surface area contributed by atoms with Crippen LogP contribution in [0.15, 0.2) is 6.33 Å². The normalized spacial score (nSPS) is 21.5. The molecule has 6 heteroatoms. The topological polar surface area (TPSA) is 82.7 Å². The molecule has 0 bridgehead atoms. The number of hydrogen-bond acceptors (Lipinski definition) is 4. The predicted octanol–water partition coefficient (Wildman–Crippen LogP) is -0.395. The Hall–Kier alpha value is -1.43. The van der Waals surface area contributed by atoms with Gasteiger partial charge in [0.25, 0.3) is 0 Å². The van der Waals surface area contributed by atoms with Gasteiger partial charge in [-0.2, -0.15) is 5.10 Å². The van der Waals surface area contributed by atoms with Gasteiger partial charge in [0.1, 0.15) is 12.2 Å². The van der Waals surface area contributed by atoms with Gasteiger partial charge in [0.2, 0.25) is 5.91 Å². The van der Waals surface area contributed by atoms with Crippen molar-refractivity contribution in [2.24, 2.45) is 0 Å². The first-order valence-electron chi connectivity index (χ1n) is 5.69. The van der Waals surface area contributed by atoms with Crippen LogP contribution in [0, 0.1) is 0 Å². The van der Waals surface area contributed by atoms with Crippen LogP contribution in [0.3, 0.4) is 0 Å². The van der Waals surface area contributed by atoms with Gasteiger partial charge in [-0.25, -0.2) is 4.98 Å². The average molecular weight is 223 g/mol. The molecule has 1 fully saturated rings. The van der Waals surface area contributed by atoms with Gasteiger partial charge in [0.15, 0.2) is 0 Å². The molecule has 0 saturated carbocycles. The van der Waals surface area contributed by atoms with E-state index >= 15 is 0 Å². The molecule has 2 heterocycles. The summed E-state index contributed by atoms with van der Waals surface area (Å²) >= 11 is 0. The molecule has 88 valence electrons. The third kappa shape index (κ3) is 3.30. The minimum atomic E-state index is 0.148. The maximum Gasteiger partial charge on any atom is 0.221 e. The zero-order valence-corrected chi connectivity index (χ0v) is 9.20. The fraction of sp³-hybridized carbons (Fsp3) is 0.700. The van der Waals surface area contributed by atoms with Crippen LogP contribution in [-0.4, -0.2) is 40.2 Å². The lowest BCUT2D eigenvalue weighted by Crippen LogP contribution is -2.33. The molecule has 0 radical (unpaired) electrons. The Bertz CT molecular complexity index is 324. The van der Waals surface area contributed by atoms with Crippen LogP contribution in [0.1, 0.15) is 25.1 Å².